The van der Waals surface area contributed by atoms with E-state index in [9.17, 15) is 4.79 Å². The van der Waals surface area contributed by atoms with Crippen molar-refractivity contribution in [2.45, 2.75) is 13.0 Å². The van der Waals surface area contributed by atoms with Gasteiger partial charge in [-0.1, -0.05) is 24.3 Å². The SMILES string of the molecule is CC(Oc1ccccc1-c1nc2ccccc2o1)C(=O)O. The molecule has 0 amide bonds. The van der Waals surface area contributed by atoms with Crippen LogP contribution in [0.15, 0.2) is 52.9 Å². The van der Waals surface area contributed by atoms with Gasteiger partial charge in [0, 0.05) is 0 Å². The molecule has 1 aromatic heterocycles. The van der Waals surface area contributed by atoms with Crippen LogP contribution in [0.2, 0.25) is 0 Å². The van der Waals surface area contributed by atoms with Crippen LogP contribution in [0.5, 0.6) is 5.75 Å². The van der Waals surface area contributed by atoms with Crippen LogP contribution in [-0.2, 0) is 4.79 Å². The largest absolute Gasteiger partial charge is 0.479 e. The normalized spacial score (nSPS) is 12.2. The number of aromatic nitrogens is 1. The Kier molecular flexibility index (Phi) is 3.31. The van der Waals surface area contributed by atoms with Crippen molar-refractivity contribution in [3.63, 3.8) is 0 Å². The van der Waals surface area contributed by atoms with Gasteiger partial charge in [0.2, 0.25) is 5.89 Å². The fraction of sp³-hybridized carbons (Fsp3) is 0.125. The van der Waals surface area contributed by atoms with Crippen molar-refractivity contribution in [3.8, 4) is 17.2 Å². The summed E-state index contributed by atoms with van der Waals surface area (Å²) in [4.78, 5) is 15.3. The molecular weight excluding hydrogens is 270 g/mol. The quantitative estimate of drug-likeness (QED) is 0.795. The van der Waals surface area contributed by atoms with Crippen LogP contribution in [-0.4, -0.2) is 22.2 Å². The number of para-hydroxylation sites is 3. The van der Waals surface area contributed by atoms with Crippen LogP contribution in [0, 0.1) is 0 Å². The summed E-state index contributed by atoms with van der Waals surface area (Å²) < 4.78 is 11.2. The van der Waals surface area contributed by atoms with Gasteiger partial charge in [-0.05, 0) is 31.2 Å². The van der Waals surface area contributed by atoms with Gasteiger partial charge in [0.05, 0.1) is 5.56 Å². The predicted molar refractivity (Wildman–Crippen MR) is 77.2 cm³/mol. The Balaban J connectivity index is 2.03. The van der Waals surface area contributed by atoms with Gasteiger partial charge in [-0.3, -0.25) is 0 Å². The zero-order valence-electron chi connectivity index (χ0n) is 11.3. The highest BCUT2D eigenvalue weighted by Gasteiger charge is 2.17. The molecule has 106 valence electrons. The smallest absolute Gasteiger partial charge is 0.344 e. The molecule has 1 atom stereocenters. The third kappa shape index (κ3) is 2.58. The van der Waals surface area contributed by atoms with Gasteiger partial charge in [-0.25, -0.2) is 9.78 Å². The van der Waals surface area contributed by atoms with Gasteiger partial charge in [-0.15, -0.1) is 0 Å². The Morgan fingerprint density at radius 2 is 1.90 bits per heavy atom. The van der Waals surface area contributed by atoms with E-state index in [-0.39, 0.29) is 0 Å². The molecule has 0 saturated heterocycles. The van der Waals surface area contributed by atoms with Crippen molar-refractivity contribution < 1.29 is 19.1 Å². The van der Waals surface area contributed by atoms with Gasteiger partial charge in [0.15, 0.2) is 11.7 Å². The van der Waals surface area contributed by atoms with Gasteiger partial charge < -0.3 is 14.3 Å². The Hall–Kier alpha value is -2.82. The molecular formula is C16H13NO4. The lowest BCUT2D eigenvalue weighted by molar-refractivity contribution is -0.144. The number of oxazole rings is 1. The fourth-order valence-corrected chi connectivity index (χ4v) is 1.97. The van der Waals surface area contributed by atoms with E-state index in [0.29, 0.717) is 22.8 Å². The second kappa shape index (κ2) is 5.28. The molecule has 3 aromatic rings. The average Bonchev–Trinajstić information content (AvgIpc) is 2.91. The average molecular weight is 283 g/mol. The first kappa shape index (κ1) is 13.2. The zero-order chi connectivity index (χ0) is 14.8. The number of carboxylic acids is 1. The van der Waals surface area contributed by atoms with Crippen molar-refractivity contribution >= 4 is 17.1 Å². The minimum Gasteiger partial charge on any atom is -0.479 e. The molecule has 3 rings (SSSR count). The highest BCUT2D eigenvalue weighted by atomic mass is 16.5. The number of rotatable bonds is 4. The standard InChI is InChI=1S/C16H13NO4/c1-10(16(18)19)20-13-8-4-2-6-11(13)15-17-12-7-3-5-9-14(12)21-15/h2-10H,1H3,(H,18,19). The first-order chi connectivity index (χ1) is 10.1. The molecule has 0 aliphatic carbocycles. The number of benzene rings is 2. The second-order valence-electron chi connectivity index (χ2n) is 4.58. The molecule has 0 spiro atoms. The third-order valence-corrected chi connectivity index (χ3v) is 3.06. The number of carbonyl (C=O) groups is 1. The third-order valence-electron chi connectivity index (χ3n) is 3.06. The number of aliphatic carboxylic acids is 1. The topological polar surface area (TPSA) is 72.6 Å². The van der Waals surface area contributed by atoms with Crippen LogP contribution < -0.4 is 4.74 Å². The maximum atomic E-state index is 10.9. The summed E-state index contributed by atoms with van der Waals surface area (Å²) >= 11 is 0. The lowest BCUT2D eigenvalue weighted by Crippen LogP contribution is -2.23. The van der Waals surface area contributed by atoms with E-state index >= 15 is 0 Å². The summed E-state index contributed by atoms with van der Waals surface area (Å²) in [5, 5.41) is 8.96. The van der Waals surface area contributed by atoms with Crippen LogP contribution >= 0.6 is 0 Å². The van der Waals surface area contributed by atoms with Gasteiger partial charge in [0.1, 0.15) is 11.3 Å². The van der Waals surface area contributed by atoms with Crippen LogP contribution in [0.4, 0.5) is 0 Å². The van der Waals surface area contributed by atoms with Crippen LogP contribution in [0.25, 0.3) is 22.6 Å². The number of hydrogen-bond acceptors (Lipinski definition) is 4. The zero-order valence-corrected chi connectivity index (χ0v) is 11.3. The maximum absolute atomic E-state index is 10.9. The molecule has 5 heteroatoms. The summed E-state index contributed by atoms with van der Waals surface area (Å²) in [6.45, 7) is 1.48. The van der Waals surface area contributed by atoms with Crippen molar-refractivity contribution in [2.75, 3.05) is 0 Å². The molecule has 0 aliphatic heterocycles. The minimum atomic E-state index is -1.03. The van der Waals surface area contributed by atoms with E-state index in [4.69, 9.17) is 14.3 Å². The number of ether oxygens (including phenoxy) is 1. The number of carboxylic acid groups (broad SMARTS) is 1. The molecule has 1 N–H and O–H groups in total. The molecule has 1 unspecified atom stereocenters. The lowest BCUT2D eigenvalue weighted by Gasteiger charge is -2.12. The Morgan fingerprint density at radius 1 is 1.19 bits per heavy atom. The van der Waals surface area contributed by atoms with Crippen molar-refractivity contribution in [1.29, 1.82) is 0 Å². The Morgan fingerprint density at radius 3 is 2.67 bits per heavy atom. The molecule has 0 aliphatic rings. The monoisotopic (exact) mass is 283 g/mol. The summed E-state index contributed by atoms with van der Waals surface area (Å²) in [7, 11) is 0. The van der Waals surface area contributed by atoms with E-state index in [1.54, 1.807) is 18.2 Å². The highest BCUT2D eigenvalue weighted by Crippen LogP contribution is 2.32. The molecule has 0 radical (unpaired) electrons. The van der Waals surface area contributed by atoms with E-state index in [1.807, 2.05) is 30.3 Å². The first-order valence-corrected chi connectivity index (χ1v) is 6.49. The second-order valence-corrected chi connectivity index (χ2v) is 4.58. The number of nitrogens with zero attached hydrogens (tertiary/aromatic N) is 1. The lowest BCUT2D eigenvalue weighted by atomic mass is 10.2. The van der Waals surface area contributed by atoms with Crippen LogP contribution in [0.3, 0.4) is 0 Å². The van der Waals surface area contributed by atoms with Gasteiger partial charge >= 0.3 is 5.97 Å². The maximum Gasteiger partial charge on any atom is 0.344 e. The molecule has 21 heavy (non-hydrogen) atoms. The van der Waals surface area contributed by atoms with E-state index in [1.165, 1.54) is 6.92 Å². The molecule has 0 fully saturated rings. The van der Waals surface area contributed by atoms with Gasteiger partial charge in [0.25, 0.3) is 0 Å². The minimum absolute atomic E-state index is 0.407. The summed E-state index contributed by atoms with van der Waals surface area (Å²) in [5.74, 6) is -0.189. The number of fused-ring (bicyclic) bond motifs is 1. The summed E-state index contributed by atoms with van der Waals surface area (Å²) in [6, 6.07) is 14.5. The van der Waals surface area contributed by atoms with Gasteiger partial charge in [-0.2, -0.15) is 0 Å². The molecule has 2 aromatic carbocycles. The Labute approximate surface area is 120 Å². The fourth-order valence-electron chi connectivity index (χ4n) is 1.97. The van der Waals surface area contributed by atoms with Crippen molar-refractivity contribution in [2.24, 2.45) is 0 Å². The first-order valence-electron chi connectivity index (χ1n) is 6.49. The summed E-state index contributed by atoms with van der Waals surface area (Å²) in [6.07, 6.45) is -0.949. The Bertz CT molecular complexity index is 761. The van der Waals surface area contributed by atoms with E-state index < -0.39 is 12.1 Å². The highest BCUT2D eigenvalue weighted by molar-refractivity contribution is 5.78. The van der Waals surface area contributed by atoms with Crippen molar-refractivity contribution in [3.05, 3.63) is 48.5 Å². The number of hydrogen-bond donors (Lipinski definition) is 1. The predicted octanol–water partition coefficient (Wildman–Crippen LogP) is 3.35. The van der Waals surface area contributed by atoms with E-state index in [2.05, 4.69) is 4.98 Å². The van der Waals surface area contributed by atoms with E-state index in [0.717, 1.165) is 5.52 Å². The molecule has 0 bridgehead atoms. The van der Waals surface area contributed by atoms with Crippen LogP contribution in [0.1, 0.15) is 6.92 Å². The molecule has 5 nitrogen and oxygen atoms in total. The molecule has 1 heterocycles. The molecule has 0 saturated carbocycles. The summed E-state index contributed by atoms with van der Waals surface area (Å²) in [5.41, 5.74) is 2.05. The van der Waals surface area contributed by atoms with Crippen molar-refractivity contribution in [1.82, 2.24) is 4.98 Å².